The fraction of sp³-hybridized carbons (Fsp3) is 0.304. The van der Waals surface area contributed by atoms with Crippen LogP contribution in [0.25, 0.3) is 0 Å². The van der Waals surface area contributed by atoms with Gasteiger partial charge >= 0.3 is 0 Å². The molecule has 4 rings (SSSR count). The van der Waals surface area contributed by atoms with Gasteiger partial charge in [-0.25, -0.2) is 4.98 Å². The van der Waals surface area contributed by atoms with Crippen molar-refractivity contribution >= 4 is 0 Å². The van der Waals surface area contributed by atoms with E-state index in [9.17, 15) is 4.79 Å². The molecule has 0 fully saturated rings. The van der Waals surface area contributed by atoms with Crippen LogP contribution in [0.2, 0.25) is 0 Å². The van der Waals surface area contributed by atoms with Crippen molar-refractivity contribution in [2.45, 2.75) is 32.7 Å². The topological polar surface area (TPSA) is 49.0 Å². The summed E-state index contributed by atoms with van der Waals surface area (Å²) in [6.45, 7) is 4.83. The van der Waals surface area contributed by atoms with E-state index in [1.165, 1.54) is 16.7 Å². The molecule has 138 valence electrons. The number of benzene rings is 2. The fourth-order valence-corrected chi connectivity index (χ4v) is 3.81. The average Bonchev–Trinajstić information content (AvgIpc) is 2.86. The van der Waals surface area contributed by atoms with Gasteiger partial charge in [-0.1, -0.05) is 60.2 Å². The fourth-order valence-electron chi connectivity index (χ4n) is 3.81. The molecule has 3 aromatic rings. The first-order chi connectivity index (χ1) is 13.2. The predicted octanol–water partition coefficient (Wildman–Crippen LogP) is 3.27. The molecule has 2 aromatic carbocycles. The molecule has 1 N–H and O–H groups in total. The predicted molar refractivity (Wildman–Crippen MR) is 108 cm³/mol. The number of aryl methyl sites for hydroxylation is 1. The Bertz CT molecular complexity index is 978. The van der Waals surface area contributed by atoms with Crippen molar-refractivity contribution in [2.24, 2.45) is 0 Å². The van der Waals surface area contributed by atoms with Crippen LogP contribution in [-0.4, -0.2) is 28.0 Å². The lowest BCUT2D eigenvalue weighted by atomic mass is 10.1. The van der Waals surface area contributed by atoms with E-state index in [1.807, 2.05) is 12.1 Å². The molecular formula is C23H25N3O. The molecule has 1 aromatic heterocycles. The first kappa shape index (κ1) is 17.7. The molecule has 0 radical (unpaired) electrons. The third kappa shape index (κ3) is 4.34. The van der Waals surface area contributed by atoms with Gasteiger partial charge in [0, 0.05) is 38.0 Å². The van der Waals surface area contributed by atoms with E-state index in [0.29, 0.717) is 6.42 Å². The van der Waals surface area contributed by atoms with Crippen molar-refractivity contribution in [1.29, 1.82) is 0 Å². The van der Waals surface area contributed by atoms with Crippen LogP contribution >= 0.6 is 0 Å². The van der Waals surface area contributed by atoms with Crippen molar-refractivity contribution in [1.82, 2.24) is 14.9 Å². The molecule has 0 saturated carbocycles. The minimum atomic E-state index is 0.0317. The number of rotatable bonds is 4. The van der Waals surface area contributed by atoms with E-state index in [2.05, 4.69) is 59.3 Å². The van der Waals surface area contributed by atoms with Crippen LogP contribution < -0.4 is 5.56 Å². The molecule has 4 nitrogen and oxygen atoms in total. The van der Waals surface area contributed by atoms with Gasteiger partial charge in [0.25, 0.3) is 5.56 Å². The first-order valence-corrected chi connectivity index (χ1v) is 9.60. The SMILES string of the molecule is Cc1cccc(Cc2nc3c(c(=O)[nH]2)CCN(Cc2ccccc2)CC3)c1. The van der Waals surface area contributed by atoms with Crippen molar-refractivity contribution < 1.29 is 0 Å². The molecular weight excluding hydrogens is 334 g/mol. The molecule has 1 aliphatic rings. The summed E-state index contributed by atoms with van der Waals surface area (Å²) in [5.41, 5.74) is 5.57. The maximum Gasteiger partial charge on any atom is 0.254 e. The Labute approximate surface area is 159 Å². The zero-order chi connectivity index (χ0) is 18.6. The third-order valence-electron chi connectivity index (χ3n) is 5.20. The van der Waals surface area contributed by atoms with Crippen molar-refractivity contribution in [3.8, 4) is 0 Å². The zero-order valence-electron chi connectivity index (χ0n) is 15.7. The molecule has 0 atom stereocenters. The highest BCUT2D eigenvalue weighted by Crippen LogP contribution is 2.15. The van der Waals surface area contributed by atoms with Gasteiger partial charge in [-0.3, -0.25) is 9.69 Å². The van der Waals surface area contributed by atoms with Crippen molar-refractivity contribution in [2.75, 3.05) is 13.1 Å². The molecule has 0 bridgehead atoms. The van der Waals surface area contributed by atoms with Gasteiger partial charge in [0.15, 0.2) is 0 Å². The van der Waals surface area contributed by atoms with Crippen LogP contribution in [0.1, 0.15) is 33.8 Å². The zero-order valence-corrected chi connectivity index (χ0v) is 15.7. The van der Waals surface area contributed by atoms with Gasteiger partial charge in [0.1, 0.15) is 5.82 Å². The summed E-state index contributed by atoms with van der Waals surface area (Å²) in [6, 6.07) is 18.9. The Morgan fingerprint density at radius 3 is 2.59 bits per heavy atom. The second kappa shape index (κ2) is 7.89. The number of aromatic nitrogens is 2. The Morgan fingerprint density at radius 2 is 1.78 bits per heavy atom. The number of nitrogens with zero attached hydrogens (tertiary/aromatic N) is 2. The van der Waals surface area contributed by atoms with Gasteiger partial charge in [-0.2, -0.15) is 0 Å². The van der Waals surface area contributed by atoms with E-state index in [4.69, 9.17) is 4.98 Å². The first-order valence-electron chi connectivity index (χ1n) is 9.60. The Hall–Kier alpha value is -2.72. The molecule has 0 unspecified atom stereocenters. The second-order valence-electron chi connectivity index (χ2n) is 7.37. The van der Waals surface area contributed by atoms with E-state index < -0.39 is 0 Å². The van der Waals surface area contributed by atoms with Crippen LogP contribution in [0.5, 0.6) is 0 Å². The highest BCUT2D eigenvalue weighted by Gasteiger charge is 2.18. The smallest absolute Gasteiger partial charge is 0.254 e. The van der Waals surface area contributed by atoms with Crippen LogP contribution in [0.4, 0.5) is 0 Å². The maximum absolute atomic E-state index is 12.6. The van der Waals surface area contributed by atoms with Crippen molar-refractivity contribution in [3.63, 3.8) is 0 Å². The molecule has 1 aliphatic heterocycles. The average molecular weight is 359 g/mol. The van der Waals surface area contributed by atoms with Crippen LogP contribution in [0.15, 0.2) is 59.4 Å². The van der Waals surface area contributed by atoms with E-state index in [0.717, 1.165) is 49.6 Å². The summed E-state index contributed by atoms with van der Waals surface area (Å²) < 4.78 is 0. The minimum absolute atomic E-state index is 0.0317. The summed E-state index contributed by atoms with van der Waals surface area (Å²) in [5, 5.41) is 0. The Morgan fingerprint density at radius 1 is 1.00 bits per heavy atom. The molecule has 0 amide bonds. The summed E-state index contributed by atoms with van der Waals surface area (Å²) in [4.78, 5) is 22.9. The number of aromatic amines is 1. The quantitative estimate of drug-likeness (QED) is 0.778. The molecule has 4 heteroatoms. The standard InChI is InChI=1S/C23H25N3O/c1-17-6-5-9-19(14-17)15-22-24-21-11-13-26(12-10-20(21)23(27)25-22)16-18-7-3-2-4-8-18/h2-9,14H,10-13,15-16H2,1H3,(H,24,25,27). The molecule has 0 aliphatic carbocycles. The number of hydrogen-bond donors (Lipinski definition) is 1. The van der Waals surface area contributed by atoms with Gasteiger partial charge in [0.05, 0.1) is 5.69 Å². The van der Waals surface area contributed by atoms with Gasteiger partial charge in [-0.15, -0.1) is 0 Å². The molecule has 27 heavy (non-hydrogen) atoms. The minimum Gasteiger partial charge on any atom is -0.310 e. The Kier molecular flexibility index (Phi) is 5.16. The molecule has 2 heterocycles. The van der Waals surface area contributed by atoms with E-state index >= 15 is 0 Å². The van der Waals surface area contributed by atoms with Crippen molar-refractivity contribution in [3.05, 3.63) is 98.7 Å². The van der Waals surface area contributed by atoms with Crippen LogP contribution in [0.3, 0.4) is 0 Å². The summed E-state index contributed by atoms with van der Waals surface area (Å²) in [6.07, 6.45) is 2.25. The normalized spacial score (nSPS) is 14.6. The molecule has 0 spiro atoms. The lowest BCUT2D eigenvalue weighted by molar-refractivity contribution is 0.279. The van der Waals surface area contributed by atoms with E-state index in [-0.39, 0.29) is 5.56 Å². The van der Waals surface area contributed by atoms with Gasteiger partial charge < -0.3 is 4.98 Å². The second-order valence-corrected chi connectivity index (χ2v) is 7.37. The lowest BCUT2D eigenvalue weighted by Crippen LogP contribution is -2.26. The van der Waals surface area contributed by atoms with E-state index in [1.54, 1.807) is 0 Å². The number of H-pyrrole nitrogens is 1. The monoisotopic (exact) mass is 359 g/mol. The van der Waals surface area contributed by atoms with Gasteiger partial charge in [-0.05, 0) is 24.5 Å². The van der Waals surface area contributed by atoms with Crippen LogP contribution in [0, 0.1) is 6.92 Å². The number of nitrogens with one attached hydrogen (secondary N) is 1. The highest BCUT2D eigenvalue weighted by molar-refractivity contribution is 5.27. The largest absolute Gasteiger partial charge is 0.310 e. The number of hydrogen-bond acceptors (Lipinski definition) is 3. The highest BCUT2D eigenvalue weighted by atomic mass is 16.1. The number of fused-ring (bicyclic) bond motifs is 1. The Balaban J connectivity index is 1.51. The van der Waals surface area contributed by atoms with Gasteiger partial charge in [0.2, 0.25) is 0 Å². The third-order valence-corrected chi connectivity index (χ3v) is 5.20. The van der Waals surface area contributed by atoms with Crippen LogP contribution in [-0.2, 0) is 25.8 Å². The maximum atomic E-state index is 12.6. The summed E-state index contributed by atoms with van der Waals surface area (Å²) in [5.74, 6) is 0.765. The summed E-state index contributed by atoms with van der Waals surface area (Å²) >= 11 is 0. The molecule has 0 saturated heterocycles. The summed E-state index contributed by atoms with van der Waals surface area (Å²) in [7, 11) is 0. The lowest BCUT2D eigenvalue weighted by Gasteiger charge is -2.19.